The van der Waals surface area contributed by atoms with Crippen LogP contribution in [0.2, 0.25) is 0 Å². The Labute approximate surface area is 222 Å². The maximum atomic E-state index is 10.8. The van der Waals surface area contributed by atoms with E-state index in [0.29, 0.717) is 12.8 Å². The van der Waals surface area contributed by atoms with Crippen molar-refractivity contribution in [3.63, 3.8) is 0 Å². The van der Waals surface area contributed by atoms with Crippen LogP contribution in [-0.4, -0.2) is 39.6 Å². The molecule has 0 amide bonds. The Morgan fingerprint density at radius 1 is 1.03 bits per heavy atom. The fourth-order valence-corrected chi connectivity index (χ4v) is 6.02. The summed E-state index contributed by atoms with van der Waals surface area (Å²) in [4.78, 5) is 10.7. The highest BCUT2D eigenvalue weighted by Gasteiger charge is 2.33. The second-order valence-electron chi connectivity index (χ2n) is 11.1. The van der Waals surface area contributed by atoms with Crippen LogP contribution >= 0.6 is 0 Å². The zero-order chi connectivity index (χ0) is 27.1. The first-order valence-corrected chi connectivity index (χ1v) is 14.1. The third-order valence-electron chi connectivity index (χ3n) is 8.58. The van der Waals surface area contributed by atoms with Crippen molar-refractivity contribution >= 4 is 5.97 Å². The van der Waals surface area contributed by atoms with Crippen molar-refractivity contribution in [3.05, 3.63) is 64.2 Å². The van der Waals surface area contributed by atoms with Gasteiger partial charge in [0, 0.05) is 11.8 Å². The molecule has 37 heavy (non-hydrogen) atoms. The predicted molar refractivity (Wildman–Crippen MR) is 148 cm³/mol. The number of hydrogen-bond donors (Lipinski definition) is 3. The maximum Gasteiger partial charge on any atom is 0.303 e. The largest absolute Gasteiger partial charge is 0.491 e. The lowest BCUT2D eigenvalue weighted by Gasteiger charge is -2.34. The normalized spacial score (nSPS) is 16.1. The number of aliphatic hydroxyl groups excluding tert-OH is 1. The molecular weight excluding hydrogens is 464 g/mol. The number of aliphatic carboxylic acids is 1. The number of hydrogen-bond acceptors (Lipinski definition) is 4. The average molecular weight is 511 g/mol. The minimum absolute atomic E-state index is 0.0591. The summed E-state index contributed by atoms with van der Waals surface area (Å²) in [5, 5.41) is 29.7. The van der Waals surface area contributed by atoms with Crippen LogP contribution in [0.15, 0.2) is 36.4 Å². The van der Waals surface area contributed by atoms with E-state index in [4.69, 9.17) is 9.84 Å². The van der Waals surface area contributed by atoms with E-state index in [0.717, 1.165) is 62.7 Å². The summed E-state index contributed by atoms with van der Waals surface area (Å²) in [6.45, 7) is 8.87. The Balaban J connectivity index is 1.73. The molecule has 2 aromatic carbocycles. The number of carboxylic acid groups (broad SMARTS) is 1. The van der Waals surface area contributed by atoms with E-state index in [-0.39, 0.29) is 18.4 Å². The molecule has 1 saturated carbocycles. The molecule has 0 aromatic heterocycles. The smallest absolute Gasteiger partial charge is 0.303 e. The maximum absolute atomic E-state index is 10.8. The lowest BCUT2D eigenvalue weighted by molar-refractivity contribution is -0.137. The van der Waals surface area contributed by atoms with E-state index in [2.05, 4.69) is 51.1 Å². The van der Waals surface area contributed by atoms with Crippen molar-refractivity contribution in [2.45, 2.75) is 115 Å². The molecule has 0 unspecified atom stereocenters. The van der Waals surface area contributed by atoms with Crippen molar-refractivity contribution in [3.8, 4) is 5.75 Å². The van der Waals surface area contributed by atoms with Crippen LogP contribution in [-0.2, 0) is 16.6 Å². The Bertz CT molecular complexity index is 1030. The topological polar surface area (TPSA) is 87.0 Å². The minimum atomic E-state index is -0.845. The Hall–Kier alpha value is -2.37. The third-order valence-corrected chi connectivity index (χ3v) is 8.58. The molecule has 5 heteroatoms. The zero-order valence-corrected chi connectivity index (χ0v) is 23.2. The lowest BCUT2D eigenvalue weighted by Crippen LogP contribution is -2.27. The molecule has 204 valence electrons. The Morgan fingerprint density at radius 3 is 2.22 bits per heavy atom. The molecule has 2 aromatic rings. The first-order chi connectivity index (χ1) is 17.6. The highest BCUT2D eigenvalue weighted by molar-refractivity contribution is 5.66. The molecule has 0 spiro atoms. The zero-order valence-electron chi connectivity index (χ0n) is 23.2. The second kappa shape index (κ2) is 12.9. The standard InChI is InChI=1S/C32H46O5/c1-5-32(6-2,26-13-12-25(23(3)20-26)16-19-31(36)17-7-8-18-31)27-14-15-29(24(4)21-27)37-22-28(33)10-9-11-30(34)35/h12-15,20-21,28,33,36H,5-11,16-19,22H2,1-4H3,(H,34,35)/t28-/m0/s1. The third kappa shape index (κ3) is 7.36. The van der Waals surface area contributed by atoms with Crippen molar-refractivity contribution in [1.82, 2.24) is 0 Å². The molecule has 0 aliphatic heterocycles. The molecule has 0 bridgehead atoms. The summed E-state index contributed by atoms with van der Waals surface area (Å²) < 4.78 is 5.89. The van der Waals surface area contributed by atoms with Gasteiger partial charge in [-0.1, -0.05) is 57.0 Å². The molecule has 0 saturated heterocycles. The van der Waals surface area contributed by atoms with Crippen molar-refractivity contribution in [2.24, 2.45) is 0 Å². The molecule has 1 fully saturated rings. The molecule has 3 N–H and O–H groups in total. The van der Waals surface area contributed by atoms with Crippen LogP contribution in [0.1, 0.15) is 106 Å². The minimum Gasteiger partial charge on any atom is -0.491 e. The highest BCUT2D eigenvalue weighted by atomic mass is 16.5. The number of carbonyl (C=O) groups is 1. The molecule has 1 aliphatic rings. The van der Waals surface area contributed by atoms with Gasteiger partial charge in [-0.25, -0.2) is 0 Å². The van der Waals surface area contributed by atoms with Gasteiger partial charge < -0.3 is 20.1 Å². The summed E-state index contributed by atoms with van der Waals surface area (Å²) >= 11 is 0. The molecular formula is C32H46O5. The van der Waals surface area contributed by atoms with Gasteiger partial charge in [-0.15, -0.1) is 0 Å². The quantitative estimate of drug-likeness (QED) is 0.265. The van der Waals surface area contributed by atoms with Crippen molar-refractivity contribution < 1.29 is 24.9 Å². The summed E-state index contributed by atoms with van der Waals surface area (Å²) in [6, 6.07) is 13.2. The molecule has 5 nitrogen and oxygen atoms in total. The van der Waals surface area contributed by atoms with E-state index in [1.807, 2.05) is 13.0 Å². The van der Waals surface area contributed by atoms with Crippen LogP contribution in [0, 0.1) is 13.8 Å². The van der Waals surface area contributed by atoms with E-state index in [1.54, 1.807) is 0 Å². The van der Waals surface area contributed by atoms with Gasteiger partial charge >= 0.3 is 5.97 Å². The fraction of sp³-hybridized carbons (Fsp3) is 0.594. The van der Waals surface area contributed by atoms with Gasteiger partial charge in [-0.2, -0.15) is 0 Å². The average Bonchev–Trinajstić information content (AvgIpc) is 3.30. The predicted octanol–water partition coefficient (Wildman–Crippen LogP) is 6.64. The van der Waals surface area contributed by atoms with E-state index in [9.17, 15) is 15.0 Å². The van der Waals surface area contributed by atoms with E-state index in [1.165, 1.54) is 22.3 Å². The first kappa shape index (κ1) is 29.2. The highest BCUT2D eigenvalue weighted by Crippen LogP contribution is 2.41. The molecule has 0 heterocycles. The number of aryl methyl sites for hydroxylation is 3. The second-order valence-corrected chi connectivity index (χ2v) is 11.1. The van der Waals surface area contributed by atoms with Gasteiger partial charge in [0.05, 0.1) is 11.7 Å². The molecule has 1 atom stereocenters. The van der Waals surface area contributed by atoms with Crippen molar-refractivity contribution in [1.29, 1.82) is 0 Å². The summed E-state index contributed by atoms with van der Waals surface area (Å²) in [5.74, 6) is -0.0964. The fourth-order valence-electron chi connectivity index (χ4n) is 6.02. The van der Waals surface area contributed by atoms with E-state index >= 15 is 0 Å². The SMILES string of the molecule is CCC(CC)(c1ccc(CCC2(O)CCCC2)c(C)c1)c1ccc(OC[C@@H](O)CCCC(=O)O)c(C)c1. The molecule has 1 aliphatic carbocycles. The van der Waals surface area contributed by atoms with E-state index < -0.39 is 17.7 Å². The summed E-state index contributed by atoms with van der Waals surface area (Å²) in [7, 11) is 0. The summed E-state index contributed by atoms with van der Waals surface area (Å²) in [6.07, 6.45) is 8.08. The van der Waals surface area contributed by atoms with Gasteiger partial charge in [0.25, 0.3) is 0 Å². The van der Waals surface area contributed by atoms with Gasteiger partial charge in [0.1, 0.15) is 12.4 Å². The van der Waals surface area contributed by atoms with Gasteiger partial charge in [0.15, 0.2) is 0 Å². The van der Waals surface area contributed by atoms with Crippen molar-refractivity contribution in [2.75, 3.05) is 6.61 Å². The van der Waals surface area contributed by atoms with Gasteiger partial charge in [-0.05, 0) is 99.1 Å². The molecule has 0 radical (unpaired) electrons. The number of aliphatic hydroxyl groups is 2. The number of ether oxygens (including phenoxy) is 1. The number of carboxylic acids is 1. The monoisotopic (exact) mass is 510 g/mol. The van der Waals surface area contributed by atoms with Gasteiger partial charge in [0.2, 0.25) is 0 Å². The number of benzene rings is 2. The first-order valence-electron chi connectivity index (χ1n) is 14.1. The van der Waals surface area contributed by atoms with Gasteiger partial charge in [-0.3, -0.25) is 4.79 Å². The Kier molecular flexibility index (Phi) is 10.2. The van der Waals surface area contributed by atoms with Crippen LogP contribution in [0.5, 0.6) is 5.75 Å². The van der Waals surface area contributed by atoms with Crippen LogP contribution in [0.25, 0.3) is 0 Å². The lowest BCUT2D eigenvalue weighted by atomic mass is 9.69. The van der Waals surface area contributed by atoms with Crippen LogP contribution in [0.3, 0.4) is 0 Å². The van der Waals surface area contributed by atoms with Crippen LogP contribution in [0.4, 0.5) is 0 Å². The van der Waals surface area contributed by atoms with Crippen LogP contribution < -0.4 is 4.74 Å². The Morgan fingerprint density at radius 2 is 1.65 bits per heavy atom. The molecule has 3 rings (SSSR count). The summed E-state index contributed by atoms with van der Waals surface area (Å²) in [5.41, 5.74) is 5.65. The number of rotatable bonds is 14.